The van der Waals surface area contributed by atoms with E-state index >= 15 is 0 Å². The molecule has 1 saturated heterocycles. The van der Waals surface area contributed by atoms with E-state index in [0.717, 1.165) is 29.5 Å². The van der Waals surface area contributed by atoms with Gasteiger partial charge in [0.2, 0.25) is 5.91 Å². The van der Waals surface area contributed by atoms with Gasteiger partial charge >= 0.3 is 0 Å². The van der Waals surface area contributed by atoms with Crippen molar-refractivity contribution in [3.8, 4) is 0 Å². The number of amides is 1. The summed E-state index contributed by atoms with van der Waals surface area (Å²) >= 11 is 9.19. The number of rotatable bonds is 2. The molecule has 3 nitrogen and oxygen atoms in total. The lowest BCUT2D eigenvalue weighted by Crippen LogP contribution is -2.35. The average Bonchev–Trinajstić information content (AvgIpc) is 2.77. The van der Waals surface area contributed by atoms with E-state index < -0.39 is 0 Å². The molecule has 1 heterocycles. The molecule has 0 spiro atoms. The molecule has 1 amide bonds. The highest BCUT2D eigenvalue weighted by atomic mass is 79.9. The first-order valence-corrected chi connectivity index (χ1v) is 6.33. The number of carbonyl (C=O) groups excluding carboxylic acids is 1. The zero-order valence-corrected chi connectivity index (χ0v) is 10.9. The molecule has 16 heavy (non-hydrogen) atoms. The topological polar surface area (TPSA) is 41.1 Å². The van der Waals surface area contributed by atoms with E-state index in [-0.39, 0.29) is 11.9 Å². The lowest BCUT2D eigenvalue weighted by atomic mass is 10.2. The maximum Gasteiger partial charge on any atom is 0.241 e. The standard InChI is InChI=1S/C11H12BrClN2O/c12-8-6-7(3-4-9(8)13)15-11(16)10-2-1-5-14-10/h3-4,6,10,14H,1-2,5H2,(H,15,16)/t10-/m0/s1. The fourth-order valence-corrected chi connectivity index (χ4v) is 2.21. The first-order chi connectivity index (χ1) is 7.66. The van der Waals surface area contributed by atoms with Gasteiger partial charge in [0.15, 0.2) is 0 Å². The number of anilines is 1. The van der Waals surface area contributed by atoms with Crippen LogP contribution in [0.1, 0.15) is 12.8 Å². The van der Waals surface area contributed by atoms with E-state index in [0.29, 0.717) is 5.02 Å². The third-order valence-corrected chi connectivity index (χ3v) is 3.78. The van der Waals surface area contributed by atoms with Gasteiger partial charge in [-0.1, -0.05) is 11.6 Å². The Morgan fingerprint density at radius 1 is 1.56 bits per heavy atom. The minimum atomic E-state index is -0.0607. The Morgan fingerprint density at radius 3 is 3.00 bits per heavy atom. The lowest BCUT2D eigenvalue weighted by Gasteiger charge is -2.11. The van der Waals surface area contributed by atoms with Crippen molar-refractivity contribution in [3.05, 3.63) is 27.7 Å². The zero-order valence-electron chi connectivity index (χ0n) is 8.59. The molecular formula is C11H12BrClN2O. The molecule has 0 bridgehead atoms. The molecule has 1 fully saturated rings. The molecule has 1 aliphatic heterocycles. The highest BCUT2D eigenvalue weighted by Gasteiger charge is 2.21. The number of hydrogen-bond donors (Lipinski definition) is 2. The van der Waals surface area contributed by atoms with Gasteiger partial charge in [-0.05, 0) is 53.5 Å². The summed E-state index contributed by atoms with van der Waals surface area (Å²) < 4.78 is 0.784. The zero-order chi connectivity index (χ0) is 11.5. The molecule has 0 aromatic heterocycles. The summed E-state index contributed by atoms with van der Waals surface area (Å²) in [4.78, 5) is 11.8. The Balaban J connectivity index is 2.02. The van der Waals surface area contributed by atoms with Gasteiger partial charge in [0, 0.05) is 10.2 Å². The molecular weight excluding hydrogens is 291 g/mol. The Labute approximate surface area is 108 Å². The van der Waals surface area contributed by atoms with Crippen molar-refractivity contribution in [2.24, 2.45) is 0 Å². The smallest absolute Gasteiger partial charge is 0.241 e. The number of hydrogen-bond acceptors (Lipinski definition) is 2. The quantitative estimate of drug-likeness (QED) is 0.882. The molecule has 2 rings (SSSR count). The molecule has 0 aliphatic carbocycles. The van der Waals surface area contributed by atoms with E-state index in [1.807, 2.05) is 0 Å². The summed E-state index contributed by atoms with van der Waals surface area (Å²) in [6.07, 6.45) is 1.96. The van der Waals surface area contributed by atoms with Crippen LogP contribution in [0.25, 0.3) is 0 Å². The highest BCUT2D eigenvalue weighted by molar-refractivity contribution is 9.10. The first kappa shape index (κ1) is 11.9. The van der Waals surface area contributed by atoms with Crippen molar-refractivity contribution < 1.29 is 4.79 Å². The van der Waals surface area contributed by atoms with E-state index in [4.69, 9.17) is 11.6 Å². The third kappa shape index (κ3) is 2.75. The molecule has 1 aromatic carbocycles. The lowest BCUT2D eigenvalue weighted by molar-refractivity contribution is -0.117. The molecule has 1 aliphatic rings. The van der Waals surface area contributed by atoms with Gasteiger partial charge in [-0.3, -0.25) is 4.79 Å². The van der Waals surface area contributed by atoms with Crippen molar-refractivity contribution in [3.63, 3.8) is 0 Å². The van der Waals surface area contributed by atoms with E-state index in [1.54, 1.807) is 18.2 Å². The van der Waals surface area contributed by atoms with Crippen LogP contribution in [0, 0.1) is 0 Å². The van der Waals surface area contributed by atoms with Crippen molar-refractivity contribution in [2.75, 3.05) is 11.9 Å². The third-order valence-electron chi connectivity index (χ3n) is 2.56. The monoisotopic (exact) mass is 302 g/mol. The fraction of sp³-hybridized carbons (Fsp3) is 0.364. The van der Waals surface area contributed by atoms with Crippen molar-refractivity contribution in [1.82, 2.24) is 5.32 Å². The van der Waals surface area contributed by atoms with Gasteiger partial charge in [0.25, 0.3) is 0 Å². The number of carbonyl (C=O) groups is 1. The number of nitrogens with one attached hydrogen (secondary N) is 2. The van der Waals surface area contributed by atoms with Crippen LogP contribution in [-0.4, -0.2) is 18.5 Å². The van der Waals surface area contributed by atoms with Crippen LogP contribution in [0.5, 0.6) is 0 Å². The van der Waals surface area contributed by atoms with Gasteiger partial charge in [0.05, 0.1) is 11.1 Å². The maximum absolute atomic E-state index is 11.8. The second-order valence-corrected chi connectivity index (χ2v) is 5.03. The number of halogens is 2. The molecule has 0 radical (unpaired) electrons. The van der Waals surface area contributed by atoms with Gasteiger partial charge in [-0.25, -0.2) is 0 Å². The summed E-state index contributed by atoms with van der Waals surface area (Å²) in [7, 11) is 0. The molecule has 86 valence electrons. The fourth-order valence-electron chi connectivity index (χ4n) is 1.71. The summed E-state index contributed by atoms with van der Waals surface area (Å²) in [6, 6.07) is 5.29. The Hall–Kier alpha value is -0.580. The average molecular weight is 304 g/mol. The number of benzene rings is 1. The first-order valence-electron chi connectivity index (χ1n) is 5.16. The minimum Gasteiger partial charge on any atom is -0.325 e. The maximum atomic E-state index is 11.8. The normalized spacial score (nSPS) is 19.8. The van der Waals surface area contributed by atoms with E-state index in [1.165, 1.54) is 0 Å². The van der Waals surface area contributed by atoms with Crippen molar-refractivity contribution in [1.29, 1.82) is 0 Å². The van der Waals surface area contributed by atoms with Gasteiger partial charge in [-0.15, -0.1) is 0 Å². The van der Waals surface area contributed by atoms with Crippen molar-refractivity contribution in [2.45, 2.75) is 18.9 Å². The van der Waals surface area contributed by atoms with Crippen LogP contribution in [0.15, 0.2) is 22.7 Å². The van der Waals surface area contributed by atoms with Gasteiger partial charge in [-0.2, -0.15) is 0 Å². The minimum absolute atomic E-state index is 0.0201. The van der Waals surface area contributed by atoms with Crippen LogP contribution in [-0.2, 0) is 4.79 Å². The second kappa shape index (κ2) is 5.17. The molecule has 1 aromatic rings. The Bertz CT molecular complexity index is 405. The van der Waals surface area contributed by atoms with Crippen LogP contribution < -0.4 is 10.6 Å². The molecule has 5 heteroatoms. The highest BCUT2D eigenvalue weighted by Crippen LogP contribution is 2.25. The molecule has 2 N–H and O–H groups in total. The molecule has 0 unspecified atom stereocenters. The summed E-state index contributed by atoms with van der Waals surface area (Å²) in [5, 5.41) is 6.65. The Kier molecular flexibility index (Phi) is 3.84. The van der Waals surface area contributed by atoms with Crippen LogP contribution in [0.2, 0.25) is 5.02 Å². The summed E-state index contributed by atoms with van der Waals surface area (Å²) in [5.74, 6) is 0.0201. The van der Waals surface area contributed by atoms with Gasteiger partial charge in [0.1, 0.15) is 0 Å². The Morgan fingerprint density at radius 2 is 2.38 bits per heavy atom. The van der Waals surface area contributed by atoms with E-state index in [2.05, 4.69) is 26.6 Å². The summed E-state index contributed by atoms with van der Waals surface area (Å²) in [5.41, 5.74) is 0.759. The SMILES string of the molecule is O=C(Nc1ccc(Cl)c(Br)c1)[C@@H]1CCCN1. The predicted octanol–water partition coefficient (Wildman–Crippen LogP) is 2.79. The van der Waals surface area contributed by atoms with Crippen LogP contribution in [0.3, 0.4) is 0 Å². The van der Waals surface area contributed by atoms with Gasteiger partial charge < -0.3 is 10.6 Å². The van der Waals surface area contributed by atoms with Crippen LogP contribution >= 0.6 is 27.5 Å². The predicted molar refractivity (Wildman–Crippen MR) is 68.8 cm³/mol. The molecule has 0 saturated carbocycles. The van der Waals surface area contributed by atoms with Crippen LogP contribution in [0.4, 0.5) is 5.69 Å². The second-order valence-electron chi connectivity index (χ2n) is 3.77. The summed E-state index contributed by atoms with van der Waals surface area (Å²) in [6.45, 7) is 0.919. The van der Waals surface area contributed by atoms with E-state index in [9.17, 15) is 4.79 Å². The largest absolute Gasteiger partial charge is 0.325 e. The molecule has 1 atom stereocenters. The van der Waals surface area contributed by atoms with Crippen molar-refractivity contribution >= 4 is 39.1 Å².